The first-order valence-corrected chi connectivity index (χ1v) is 4.84. The van der Waals surface area contributed by atoms with Crippen molar-refractivity contribution in [2.75, 3.05) is 13.7 Å². The molecule has 1 aromatic rings. The lowest BCUT2D eigenvalue weighted by Crippen LogP contribution is -2.26. The molecule has 0 atom stereocenters. The van der Waals surface area contributed by atoms with Crippen LogP contribution in [-0.4, -0.2) is 25.5 Å². The van der Waals surface area contributed by atoms with Crippen LogP contribution in [0.15, 0.2) is 18.2 Å². The van der Waals surface area contributed by atoms with Crippen molar-refractivity contribution < 1.29 is 23.1 Å². The third-order valence-electron chi connectivity index (χ3n) is 1.97. The molecule has 0 saturated carbocycles. The number of carbonyl (C=O) groups is 2. The molecule has 0 radical (unpaired) electrons. The molecule has 1 rings (SSSR count). The highest BCUT2D eigenvalue weighted by Gasteiger charge is 2.09. The Morgan fingerprint density at radius 2 is 1.82 bits per heavy atom. The molecular weight excluding hydrogens is 232 g/mol. The topological polar surface area (TPSA) is 55.4 Å². The van der Waals surface area contributed by atoms with Crippen LogP contribution >= 0.6 is 0 Å². The smallest absolute Gasteiger partial charge is 0.307 e. The van der Waals surface area contributed by atoms with Gasteiger partial charge >= 0.3 is 5.97 Å². The van der Waals surface area contributed by atoms with Gasteiger partial charge in [-0.25, -0.2) is 8.78 Å². The van der Waals surface area contributed by atoms with Crippen LogP contribution < -0.4 is 5.32 Å². The first-order chi connectivity index (χ1) is 8.02. The van der Waals surface area contributed by atoms with Crippen molar-refractivity contribution in [3.63, 3.8) is 0 Å². The zero-order valence-corrected chi connectivity index (χ0v) is 9.13. The molecule has 1 amide bonds. The van der Waals surface area contributed by atoms with Crippen LogP contribution in [0.5, 0.6) is 0 Å². The zero-order valence-electron chi connectivity index (χ0n) is 9.13. The maximum atomic E-state index is 12.8. The van der Waals surface area contributed by atoms with Gasteiger partial charge in [-0.05, 0) is 12.1 Å². The molecule has 1 aromatic carbocycles. The van der Waals surface area contributed by atoms with E-state index in [-0.39, 0.29) is 18.5 Å². The van der Waals surface area contributed by atoms with Crippen molar-refractivity contribution >= 4 is 11.9 Å². The summed E-state index contributed by atoms with van der Waals surface area (Å²) in [6.07, 6.45) is 0.0000376. The Morgan fingerprint density at radius 1 is 1.24 bits per heavy atom. The van der Waals surface area contributed by atoms with Crippen molar-refractivity contribution in [2.45, 2.75) is 6.42 Å². The summed E-state index contributed by atoms with van der Waals surface area (Å²) < 4.78 is 30.0. The molecule has 0 aliphatic carbocycles. The maximum absolute atomic E-state index is 12.8. The SMILES string of the molecule is COC(=O)CCNC(=O)c1cc(F)cc(F)c1. The Labute approximate surface area is 96.6 Å². The number of carbonyl (C=O) groups excluding carboxylic acids is 2. The van der Waals surface area contributed by atoms with Gasteiger partial charge in [-0.2, -0.15) is 0 Å². The maximum Gasteiger partial charge on any atom is 0.307 e. The summed E-state index contributed by atoms with van der Waals surface area (Å²) in [6.45, 7) is 0.0453. The fraction of sp³-hybridized carbons (Fsp3) is 0.273. The van der Waals surface area contributed by atoms with E-state index in [1.54, 1.807) is 0 Å². The highest BCUT2D eigenvalue weighted by molar-refractivity contribution is 5.94. The van der Waals surface area contributed by atoms with E-state index in [1.807, 2.05) is 0 Å². The number of hydrogen-bond acceptors (Lipinski definition) is 3. The van der Waals surface area contributed by atoms with E-state index in [4.69, 9.17) is 0 Å². The van der Waals surface area contributed by atoms with Crippen molar-refractivity contribution in [3.8, 4) is 0 Å². The largest absolute Gasteiger partial charge is 0.469 e. The summed E-state index contributed by atoms with van der Waals surface area (Å²) in [4.78, 5) is 22.2. The van der Waals surface area contributed by atoms with Gasteiger partial charge in [0.15, 0.2) is 0 Å². The Balaban J connectivity index is 2.55. The molecule has 0 aliphatic heterocycles. The lowest BCUT2D eigenvalue weighted by molar-refractivity contribution is -0.140. The second-order valence-corrected chi connectivity index (χ2v) is 3.24. The van der Waals surface area contributed by atoms with Gasteiger partial charge in [0.2, 0.25) is 0 Å². The van der Waals surface area contributed by atoms with Crippen LogP contribution in [0.1, 0.15) is 16.8 Å². The number of ether oxygens (including phenoxy) is 1. The van der Waals surface area contributed by atoms with E-state index >= 15 is 0 Å². The van der Waals surface area contributed by atoms with Gasteiger partial charge in [0, 0.05) is 18.2 Å². The number of benzene rings is 1. The molecule has 6 heteroatoms. The van der Waals surface area contributed by atoms with Gasteiger partial charge in [0.05, 0.1) is 13.5 Å². The highest BCUT2D eigenvalue weighted by Crippen LogP contribution is 2.07. The first-order valence-electron chi connectivity index (χ1n) is 4.84. The molecule has 0 aliphatic rings. The first kappa shape index (κ1) is 13.1. The fourth-order valence-corrected chi connectivity index (χ4v) is 1.17. The minimum absolute atomic E-state index is 0.0000376. The third-order valence-corrected chi connectivity index (χ3v) is 1.97. The molecule has 92 valence electrons. The van der Waals surface area contributed by atoms with Crippen molar-refractivity contribution in [1.82, 2.24) is 5.32 Å². The van der Waals surface area contributed by atoms with E-state index in [2.05, 4.69) is 10.1 Å². The van der Waals surface area contributed by atoms with E-state index in [0.717, 1.165) is 12.1 Å². The van der Waals surface area contributed by atoms with Gasteiger partial charge in [-0.3, -0.25) is 9.59 Å². The van der Waals surface area contributed by atoms with E-state index in [9.17, 15) is 18.4 Å². The molecule has 0 unspecified atom stereocenters. The van der Waals surface area contributed by atoms with Crippen LogP contribution in [0.25, 0.3) is 0 Å². The Hall–Kier alpha value is -1.98. The third kappa shape index (κ3) is 4.18. The lowest BCUT2D eigenvalue weighted by Gasteiger charge is -2.04. The van der Waals surface area contributed by atoms with E-state index in [0.29, 0.717) is 6.07 Å². The highest BCUT2D eigenvalue weighted by atomic mass is 19.1. The summed E-state index contributed by atoms with van der Waals surface area (Å²) in [5, 5.41) is 2.35. The minimum atomic E-state index is -0.830. The molecule has 0 heterocycles. The molecule has 0 fully saturated rings. The summed E-state index contributed by atoms with van der Waals surface area (Å²) in [7, 11) is 1.23. The molecule has 0 bridgehead atoms. The number of rotatable bonds is 4. The van der Waals surface area contributed by atoms with Gasteiger partial charge in [-0.1, -0.05) is 0 Å². The monoisotopic (exact) mass is 243 g/mol. The number of halogens is 2. The Bertz CT molecular complexity index is 414. The number of methoxy groups -OCH3 is 1. The van der Waals surface area contributed by atoms with E-state index in [1.165, 1.54) is 7.11 Å². The van der Waals surface area contributed by atoms with Crippen molar-refractivity contribution in [2.24, 2.45) is 0 Å². The van der Waals surface area contributed by atoms with E-state index < -0.39 is 23.5 Å². The average Bonchev–Trinajstić information content (AvgIpc) is 2.27. The van der Waals surface area contributed by atoms with Crippen molar-refractivity contribution in [3.05, 3.63) is 35.4 Å². The zero-order chi connectivity index (χ0) is 12.8. The van der Waals surface area contributed by atoms with Crippen LogP contribution in [0.2, 0.25) is 0 Å². The Kier molecular flexibility index (Phi) is 4.56. The molecule has 4 nitrogen and oxygen atoms in total. The normalized spacial score (nSPS) is 9.82. The molecule has 17 heavy (non-hydrogen) atoms. The van der Waals surface area contributed by atoms with Crippen molar-refractivity contribution in [1.29, 1.82) is 0 Å². The lowest BCUT2D eigenvalue weighted by atomic mass is 10.2. The van der Waals surface area contributed by atoms with Crippen LogP contribution in [-0.2, 0) is 9.53 Å². The Morgan fingerprint density at radius 3 is 2.35 bits per heavy atom. The fourth-order valence-electron chi connectivity index (χ4n) is 1.17. The number of esters is 1. The van der Waals surface area contributed by atoms with Gasteiger partial charge in [0.1, 0.15) is 11.6 Å². The van der Waals surface area contributed by atoms with Gasteiger partial charge in [0.25, 0.3) is 5.91 Å². The second kappa shape index (κ2) is 5.93. The number of nitrogens with one attached hydrogen (secondary N) is 1. The molecule has 0 aromatic heterocycles. The predicted molar refractivity (Wildman–Crippen MR) is 55.3 cm³/mol. The van der Waals surface area contributed by atoms with Crippen LogP contribution in [0, 0.1) is 11.6 Å². The second-order valence-electron chi connectivity index (χ2n) is 3.24. The summed E-state index contributed by atoms with van der Waals surface area (Å²) in [5.74, 6) is -2.78. The van der Waals surface area contributed by atoms with Crippen LogP contribution in [0.4, 0.5) is 8.78 Å². The van der Waals surface area contributed by atoms with Crippen LogP contribution in [0.3, 0.4) is 0 Å². The molecule has 0 saturated heterocycles. The quantitative estimate of drug-likeness (QED) is 0.810. The summed E-state index contributed by atoms with van der Waals surface area (Å²) >= 11 is 0. The predicted octanol–water partition coefficient (Wildman–Crippen LogP) is 1.26. The van der Waals surface area contributed by atoms with Gasteiger partial charge < -0.3 is 10.1 Å². The summed E-state index contributed by atoms with van der Waals surface area (Å²) in [5.41, 5.74) is -0.132. The standard InChI is InChI=1S/C11H11F2NO3/c1-17-10(15)2-3-14-11(16)7-4-8(12)6-9(13)5-7/h4-6H,2-3H2,1H3,(H,14,16). The molecule has 0 spiro atoms. The average molecular weight is 243 g/mol. The molecular formula is C11H11F2NO3. The summed E-state index contributed by atoms with van der Waals surface area (Å²) in [6, 6.07) is 2.50. The van der Waals surface area contributed by atoms with Gasteiger partial charge in [-0.15, -0.1) is 0 Å². The molecule has 1 N–H and O–H groups in total. The number of amides is 1. The number of hydrogen-bond donors (Lipinski definition) is 1. The minimum Gasteiger partial charge on any atom is -0.469 e.